The van der Waals surface area contributed by atoms with E-state index < -0.39 is 0 Å². The van der Waals surface area contributed by atoms with Crippen LogP contribution in [0.5, 0.6) is 0 Å². The van der Waals surface area contributed by atoms with Gasteiger partial charge in [0.2, 0.25) is 5.91 Å². The van der Waals surface area contributed by atoms with Crippen molar-refractivity contribution in [2.75, 3.05) is 19.8 Å². The Balaban J connectivity index is 1.75. The van der Waals surface area contributed by atoms with Crippen LogP contribution in [-0.2, 0) is 9.53 Å². The Hall–Kier alpha value is -0.910. The first-order valence-electron chi connectivity index (χ1n) is 7.43. The smallest absolute Gasteiger partial charge is 0.234 e. The molecule has 1 aliphatic heterocycles. The standard InChI is InChI=1S/C15H24N2O2S/c1-2-4-13(14-5-3-10-20-14)16-11-15(18)17-12-6-8-19-9-7-12/h3,5,10,12-13,16H,2,4,6-9,11H2,1H3,(H,17,18). The lowest BCUT2D eigenvalue weighted by Crippen LogP contribution is -2.43. The van der Waals surface area contributed by atoms with Crippen LogP contribution in [0.15, 0.2) is 17.5 Å². The van der Waals surface area contributed by atoms with Crippen molar-refractivity contribution in [2.45, 2.75) is 44.7 Å². The summed E-state index contributed by atoms with van der Waals surface area (Å²) in [5, 5.41) is 8.55. The second kappa shape index (κ2) is 8.39. The van der Waals surface area contributed by atoms with E-state index in [1.54, 1.807) is 11.3 Å². The Morgan fingerprint density at radius 3 is 2.95 bits per heavy atom. The van der Waals surface area contributed by atoms with Crippen molar-refractivity contribution in [1.29, 1.82) is 0 Å². The maximum Gasteiger partial charge on any atom is 0.234 e. The molecule has 0 saturated carbocycles. The van der Waals surface area contributed by atoms with Gasteiger partial charge in [-0.2, -0.15) is 0 Å². The summed E-state index contributed by atoms with van der Waals surface area (Å²) < 4.78 is 5.29. The second-order valence-corrected chi connectivity index (χ2v) is 6.17. The molecule has 0 radical (unpaired) electrons. The Labute approximate surface area is 124 Å². The first kappa shape index (κ1) is 15.5. The molecule has 112 valence electrons. The summed E-state index contributed by atoms with van der Waals surface area (Å²) in [6.45, 7) is 4.07. The van der Waals surface area contributed by atoms with Crippen molar-refractivity contribution in [3.05, 3.63) is 22.4 Å². The third-order valence-corrected chi connectivity index (χ3v) is 4.55. The Morgan fingerprint density at radius 1 is 1.50 bits per heavy atom. The summed E-state index contributed by atoms with van der Waals surface area (Å²) >= 11 is 1.75. The second-order valence-electron chi connectivity index (χ2n) is 5.19. The summed E-state index contributed by atoms with van der Waals surface area (Å²) in [6, 6.07) is 4.77. The van der Waals surface area contributed by atoms with E-state index in [4.69, 9.17) is 4.74 Å². The number of hydrogen-bond donors (Lipinski definition) is 2. The minimum Gasteiger partial charge on any atom is -0.381 e. The number of carbonyl (C=O) groups is 1. The van der Waals surface area contributed by atoms with Crippen LogP contribution in [0.25, 0.3) is 0 Å². The number of hydrogen-bond acceptors (Lipinski definition) is 4. The summed E-state index contributed by atoms with van der Waals surface area (Å²) in [4.78, 5) is 13.3. The molecule has 0 aromatic carbocycles. The SMILES string of the molecule is CCCC(NCC(=O)NC1CCOCC1)c1cccs1. The van der Waals surface area contributed by atoms with Crippen LogP contribution in [0.2, 0.25) is 0 Å². The van der Waals surface area contributed by atoms with Gasteiger partial charge in [0.15, 0.2) is 0 Å². The Bertz CT molecular complexity index is 389. The molecule has 4 nitrogen and oxygen atoms in total. The van der Waals surface area contributed by atoms with Gasteiger partial charge in [-0.15, -0.1) is 11.3 Å². The lowest BCUT2D eigenvalue weighted by molar-refractivity contribution is -0.121. The fourth-order valence-electron chi connectivity index (χ4n) is 2.46. The molecule has 5 heteroatoms. The first-order chi connectivity index (χ1) is 9.79. The zero-order valence-electron chi connectivity index (χ0n) is 12.1. The van der Waals surface area contributed by atoms with Gasteiger partial charge in [-0.3, -0.25) is 4.79 Å². The minimum absolute atomic E-state index is 0.0922. The molecule has 1 atom stereocenters. The van der Waals surface area contributed by atoms with Crippen LogP contribution in [0.3, 0.4) is 0 Å². The molecule has 1 aromatic heterocycles. The van der Waals surface area contributed by atoms with Crippen molar-refractivity contribution in [3.8, 4) is 0 Å². The quantitative estimate of drug-likeness (QED) is 0.813. The van der Waals surface area contributed by atoms with Gasteiger partial charge in [-0.05, 0) is 30.7 Å². The maximum absolute atomic E-state index is 12.0. The van der Waals surface area contributed by atoms with Crippen LogP contribution >= 0.6 is 11.3 Å². The molecule has 0 bridgehead atoms. The van der Waals surface area contributed by atoms with E-state index in [0.29, 0.717) is 12.6 Å². The molecule has 1 amide bonds. The predicted molar refractivity (Wildman–Crippen MR) is 82.0 cm³/mol. The van der Waals surface area contributed by atoms with Crippen LogP contribution < -0.4 is 10.6 Å². The highest BCUT2D eigenvalue weighted by Gasteiger charge is 2.17. The van der Waals surface area contributed by atoms with E-state index in [1.807, 2.05) is 0 Å². The number of ether oxygens (including phenoxy) is 1. The zero-order chi connectivity index (χ0) is 14.2. The topological polar surface area (TPSA) is 50.4 Å². The van der Waals surface area contributed by atoms with Crippen molar-refractivity contribution >= 4 is 17.2 Å². The van der Waals surface area contributed by atoms with Gasteiger partial charge in [0, 0.05) is 30.2 Å². The predicted octanol–water partition coefficient (Wildman–Crippen LogP) is 2.47. The van der Waals surface area contributed by atoms with E-state index in [1.165, 1.54) is 4.88 Å². The highest BCUT2D eigenvalue weighted by molar-refractivity contribution is 7.10. The van der Waals surface area contributed by atoms with Gasteiger partial charge in [0.1, 0.15) is 0 Å². The number of carbonyl (C=O) groups excluding carboxylic acids is 1. The fraction of sp³-hybridized carbons (Fsp3) is 0.667. The number of nitrogens with one attached hydrogen (secondary N) is 2. The molecule has 0 aliphatic carbocycles. The number of rotatable bonds is 7. The molecule has 2 N–H and O–H groups in total. The van der Waals surface area contributed by atoms with E-state index >= 15 is 0 Å². The monoisotopic (exact) mass is 296 g/mol. The summed E-state index contributed by atoms with van der Waals surface area (Å²) in [5.41, 5.74) is 0. The number of thiophene rings is 1. The molecule has 1 fully saturated rings. The highest BCUT2D eigenvalue weighted by atomic mass is 32.1. The molecule has 1 aromatic rings. The molecule has 1 aliphatic rings. The molecule has 20 heavy (non-hydrogen) atoms. The molecular formula is C15H24N2O2S. The average molecular weight is 296 g/mol. The molecule has 0 spiro atoms. The molecule has 1 saturated heterocycles. The maximum atomic E-state index is 12.0. The third kappa shape index (κ3) is 4.89. The third-order valence-electron chi connectivity index (χ3n) is 3.56. The fourth-order valence-corrected chi connectivity index (χ4v) is 3.30. The average Bonchev–Trinajstić information content (AvgIpc) is 2.98. The van der Waals surface area contributed by atoms with Crippen LogP contribution in [-0.4, -0.2) is 31.7 Å². The summed E-state index contributed by atoms with van der Waals surface area (Å²) in [7, 11) is 0. The van der Waals surface area contributed by atoms with Crippen LogP contribution in [0, 0.1) is 0 Å². The summed E-state index contributed by atoms with van der Waals surface area (Å²) in [6.07, 6.45) is 4.02. The van der Waals surface area contributed by atoms with Crippen molar-refractivity contribution in [2.24, 2.45) is 0 Å². The van der Waals surface area contributed by atoms with Crippen LogP contribution in [0.1, 0.15) is 43.5 Å². The molecular weight excluding hydrogens is 272 g/mol. The minimum atomic E-state index is 0.0922. The lowest BCUT2D eigenvalue weighted by Gasteiger charge is -2.24. The molecule has 1 unspecified atom stereocenters. The van der Waals surface area contributed by atoms with E-state index in [0.717, 1.165) is 38.9 Å². The van der Waals surface area contributed by atoms with E-state index in [9.17, 15) is 4.79 Å². The van der Waals surface area contributed by atoms with Gasteiger partial charge in [0.05, 0.1) is 6.54 Å². The zero-order valence-corrected chi connectivity index (χ0v) is 12.9. The lowest BCUT2D eigenvalue weighted by atomic mass is 10.1. The van der Waals surface area contributed by atoms with Crippen molar-refractivity contribution < 1.29 is 9.53 Å². The van der Waals surface area contributed by atoms with Crippen LogP contribution in [0.4, 0.5) is 0 Å². The van der Waals surface area contributed by atoms with E-state index in [2.05, 4.69) is 35.1 Å². The van der Waals surface area contributed by atoms with Crippen molar-refractivity contribution in [1.82, 2.24) is 10.6 Å². The van der Waals surface area contributed by atoms with Gasteiger partial charge in [-0.1, -0.05) is 19.4 Å². The Kier molecular flexibility index (Phi) is 6.50. The summed E-state index contributed by atoms with van der Waals surface area (Å²) in [5.74, 6) is 0.0922. The molecule has 2 rings (SSSR count). The van der Waals surface area contributed by atoms with Gasteiger partial charge < -0.3 is 15.4 Å². The Morgan fingerprint density at radius 2 is 2.30 bits per heavy atom. The van der Waals surface area contributed by atoms with Gasteiger partial charge >= 0.3 is 0 Å². The normalized spacial score (nSPS) is 17.9. The van der Waals surface area contributed by atoms with E-state index in [-0.39, 0.29) is 11.9 Å². The van der Waals surface area contributed by atoms with Gasteiger partial charge in [-0.25, -0.2) is 0 Å². The van der Waals surface area contributed by atoms with Crippen molar-refractivity contribution in [3.63, 3.8) is 0 Å². The van der Waals surface area contributed by atoms with Gasteiger partial charge in [0.25, 0.3) is 0 Å². The molecule has 2 heterocycles. The number of amides is 1. The first-order valence-corrected chi connectivity index (χ1v) is 8.31. The highest BCUT2D eigenvalue weighted by Crippen LogP contribution is 2.22. The largest absolute Gasteiger partial charge is 0.381 e.